The SMILES string of the molecule is CCCNC(=O)CN(CCC)C(=O)CC1(C(=O)O)CCC1. The van der Waals surface area contributed by atoms with Gasteiger partial charge in [0.2, 0.25) is 11.8 Å². The van der Waals surface area contributed by atoms with Crippen LogP contribution in [0.3, 0.4) is 0 Å². The second-order valence-corrected chi connectivity index (χ2v) is 5.78. The third-order valence-corrected chi connectivity index (χ3v) is 4.01. The number of nitrogens with zero attached hydrogens (tertiary/aromatic N) is 1. The van der Waals surface area contributed by atoms with Gasteiger partial charge in [0.15, 0.2) is 0 Å². The Bertz CT molecular complexity index is 391. The van der Waals surface area contributed by atoms with E-state index in [1.54, 1.807) is 0 Å². The molecule has 1 saturated carbocycles. The van der Waals surface area contributed by atoms with Gasteiger partial charge in [-0.05, 0) is 25.7 Å². The molecular weight excluding hydrogens is 272 g/mol. The molecule has 0 spiro atoms. The minimum absolute atomic E-state index is 0.00336. The third-order valence-electron chi connectivity index (χ3n) is 4.01. The first-order chi connectivity index (χ1) is 9.95. The van der Waals surface area contributed by atoms with E-state index in [1.807, 2.05) is 13.8 Å². The Labute approximate surface area is 125 Å². The highest BCUT2D eigenvalue weighted by atomic mass is 16.4. The summed E-state index contributed by atoms with van der Waals surface area (Å²) < 4.78 is 0. The number of carbonyl (C=O) groups is 3. The first-order valence-electron chi connectivity index (χ1n) is 7.73. The average molecular weight is 298 g/mol. The topological polar surface area (TPSA) is 86.7 Å². The normalized spacial score (nSPS) is 15.9. The lowest BCUT2D eigenvalue weighted by Gasteiger charge is -2.38. The molecule has 0 aromatic rings. The third kappa shape index (κ3) is 4.72. The van der Waals surface area contributed by atoms with Gasteiger partial charge in [0.05, 0.1) is 12.0 Å². The summed E-state index contributed by atoms with van der Waals surface area (Å²) in [4.78, 5) is 36.9. The lowest BCUT2D eigenvalue weighted by Crippen LogP contribution is -2.46. The fraction of sp³-hybridized carbons (Fsp3) is 0.800. The smallest absolute Gasteiger partial charge is 0.310 e. The van der Waals surface area contributed by atoms with Crippen LogP contribution in [0.5, 0.6) is 0 Å². The Morgan fingerprint density at radius 2 is 1.86 bits per heavy atom. The van der Waals surface area contributed by atoms with Crippen molar-refractivity contribution in [1.82, 2.24) is 10.2 Å². The van der Waals surface area contributed by atoms with E-state index in [0.717, 1.165) is 19.3 Å². The number of hydrogen-bond acceptors (Lipinski definition) is 3. The summed E-state index contributed by atoms with van der Waals surface area (Å²) in [6.45, 7) is 4.98. The molecule has 2 N–H and O–H groups in total. The van der Waals surface area contributed by atoms with Gasteiger partial charge in [-0.2, -0.15) is 0 Å². The van der Waals surface area contributed by atoms with Crippen molar-refractivity contribution >= 4 is 17.8 Å². The van der Waals surface area contributed by atoms with E-state index in [4.69, 9.17) is 0 Å². The predicted molar refractivity (Wildman–Crippen MR) is 78.7 cm³/mol. The van der Waals surface area contributed by atoms with Crippen molar-refractivity contribution < 1.29 is 19.5 Å². The standard InChI is InChI=1S/C15H26N2O4/c1-3-8-16-12(18)11-17(9-4-2)13(19)10-15(14(20)21)6-5-7-15/h3-11H2,1-2H3,(H,16,18)(H,20,21). The summed E-state index contributed by atoms with van der Waals surface area (Å²) in [7, 11) is 0. The molecule has 21 heavy (non-hydrogen) atoms. The van der Waals surface area contributed by atoms with E-state index in [2.05, 4.69) is 5.32 Å². The lowest BCUT2D eigenvalue weighted by molar-refractivity contribution is -0.159. The Morgan fingerprint density at radius 1 is 1.19 bits per heavy atom. The fourth-order valence-electron chi connectivity index (χ4n) is 2.53. The molecule has 6 heteroatoms. The van der Waals surface area contributed by atoms with Gasteiger partial charge in [0, 0.05) is 19.5 Å². The number of nitrogens with one attached hydrogen (secondary N) is 1. The lowest BCUT2D eigenvalue weighted by atomic mass is 9.66. The number of carbonyl (C=O) groups excluding carboxylic acids is 2. The van der Waals surface area contributed by atoms with Gasteiger partial charge in [-0.3, -0.25) is 14.4 Å². The van der Waals surface area contributed by atoms with E-state index in [1.165, 1.54) is 4.90 Å². The molecule has 6 nitrogen and oxygen atoms in total. The highest BCUT2D eigenvalue weighted by Crippen LogP contribution is 2.44. The van der Waals surface area contributed by atoms with Crippen molar-refractivity contribution in [3.8, 4) is 0 Å². The number of amides is 2. The highest BCUT2D eigenvalue weighted by Gasteiger charge is 2.46. The van der Waals surface area contributed by atoms with Gasteiger partial charge < -0.3 is 15.3 Å². The molecule has 1 aliphatic rings. The molecule has 0 bridgehead atoms. The Kier molecular flexibility index (Phi) is 6.65. The molecule has 1 rings (SSSR count). The van der Waals surface area contributed by atoms with Crippen molar-refractivity contribution in [1.29, 1.82) is 0 Å². The Morgan fingerprint density at radius 3 is 2.29 bits per heavy atom. The maximum absolute atomic E-state index is 12.3. The van der Waals surface area contributed by atoms with Gasteiger partial charge in [0.25, 0.3) is 0 Å². The number of carboxylic acids is 1. The van der Waals surface area contributed by atoms with Gasteiger partial charge in [0.1, 0.15) is 0 Å². The molecular formula is C15H26N2O4. The first kappa shape index (κ1) is 17.5. The summed E-state index contributed by atoms with van der Waals surface area (Å²) in [5, 5.41) is 12.0. The van der Waals surface area contributed by atoms with Crippen LogP contribution in [0.1, 0.15) is 52.4 Å². The number of hydrogen-bond donors (Lipinski definition) is 2. The molecule has 0 unspecified atom stereocenters. The van der Waals surface area contributed by atoms with Crippen LogP contribution in [0.4, 0.5) is 0 Å². The number of aliphatic carboxylic acids is 1. The monoisotopic (exact) mass is 298 g/mol. The van der Waals surface area contributed by atoms with Gasteiger partial charge >= 0.3 is 5.97 Å². The number of carboxylic acid groups (broad SMARTS) is 1. The molecule has 0 aliphatic heterocycles. The van der Waals surface area contributed by atoms with Crippen LogP contribution in [-0.2, 0) is 14.4 Å². The van der Waals surface area contributed by atoms with Crippen molar-refractivity contribution in [3.63, 3.8) is 0 Å². The van der Waals surface area contributed by atoms with Crippen molar-refractivity contribution in [3.05, 3.63) is 0 Å². The molecule has 2 amide bonds. The van der Waals surface area contributed by atoms with Crippen LogP contribution in [0.2, 0.25) is 0 Å². The van der Waals surface area contributed by atoms with E-state index < -0.39 is 11.4 Å². The zero-order valence-corrected chi connectivity index (χ0v) is 13.0. The van der Waals surface area contributed by atoms with Crippen molar-refractivity contribution in [2.45, 2.75) is 52.4 Å². The van der Waals surface area contributed by atoms with Crippen LogP contribution in [-0.4, -0.2) is 47.4 Å². The van der Waals surface area contributed by atoms with E-state index >= 15 is 0 Å². The highest BCUT2D eigenvalue weighted by molar-refractivity contribution is 5.88. The predicted octanol–water partition coefficient (Wildman–Crippen LogP) is 1.40. The summed E-state index contributed by atoms with van der Waals surface area (Å²) in [5.41, 5.74) is -0.900. The van der Waals surface area contributed by atoms with E-state index in [9.17, 15) is 19.5 Å². The van der Waals surface area contributed by atoms with E-state index in [-0.39, 0.29) is 24.8 Å². The number of rotatable bonds is 9. The summed E-state index contributed by atoms with van der Waals surface area (Å²) in [5.74, 6) is -1.31. The van der Waals surface area contributed by atoms with Crippen LogP contribution in [0.15, 0.2) is 0 Å². The maximum Gasteiger partial charge on any atom is 0.310 e. The second-order valence-electron chi connectivity index (χ2n) is 5.78. The van der Waals surface area contributed by atoms with Gasteiger partial charge in [-0.15, -0.1) is 0 Å². The van der Waals surface area contributed by atoms with E-state index in [0.29, 0.717) is 25.9 Å². The summed E-state index contributed by atoms with van der Waals surface area (Å²) in [6.07, 6.45) is 3.54. The molecule has 0 atom stereocenters. The minimum Gasteiger partial charge on any atom is -0.481 e. The molecule has 0 heterocycles. The second kappa shape index (κ2) is 8.00. The Balaban J connectivity index is 2.60. The largest absolute Gasteiger partial charge is 0.481 e. The molecule has 0 aromatic carbocycles. The quantitative estimate of drug-likeness (QED) is 0.673. The molecule has 120 valence electrons. The molecule has 0 aromatic heterocycles. The van der Waals surface area contributed by atoms with Crippen LogP contribution in [0, 0.1) is 5.41 Å². The van der Waals surface area contributed by atoms with Crippen LogP contribution in [0.25, 0.3) is 0 Å². The van der Waals surface area contributed by atoms with Gasteiger partial charge in [-0.25, -0.2) is 0 Å². The van der Waals surface area contributed by atoms with Gasteiger partial charge in [-0.1, -0.05) is 20.3 Å². The van der Waals surface area contributed by atoms with Crippen molar-refractivity contribution in [2.75, 3.05) is 19.6 Å². The molecule has 0 saturated heterocycles. The van der Waals surface area contributed by atoms with Crippen LogP contribution >= 0.6 is 0 Å². The molecule has 1 fully saturated rings. The zero-order chi connectivity index (χ0) is 15.9. The maximum atomic E-state index is 12.3. The van der Waals surface area contributed by atoms with Crippen LogP contribution < -0.4 is 5.32 Å². The minimum atomic E-state index is -0.900. The van der Waals surface area contributed by atoms with Crippen molar-refractivity contribution in [2.24, 2.45) is 5.41 Å². The molecule has 1 aliphatic carbocycles. The zero-order valence-electron chi connectivity index (χ0n) is 13.0. The fourth-order valence-corrected chi connectivity index (χ4v) is 2.53. The average Bonchev–Trinajstić information content (AvgIpc) is 2.39. The molecule has 0 radical (unpaired) electrons. The summed E-state index contributed by atoms with van der Waals surface area (Å²) in [6, 6.07) is 0. The first-order valence-corrected chi connectivity index (χ1v) is 7.73. The Hall–Kier alpha value is -1.59. The summed E-state index contributed by atoms with van der Waals surface area (Å²) >= 11 is 0.